The van der Waals surface area contributed by atoms with E-state index in [2.05, 4.69) is 15.4 Å². The molecule has 0 aliphatic carbocycles. The third-order valence-corrected chi connectivity index (χ3v) is 5.56. The second kappa shape index (κ2) is 9.26. The zero-order chi connectivity index (χ0) is 24.4. The third kappa shape index (κ3) is 4.54. The van der Waals surface area contributed by atoms with E-state index < -0.39 is 5.97 Å². The Balaban J connectivity index is 1.41. The SMILES string of the molecule is Cc1nn(C)c2nc(-c3ccco3)cc(C(=O)Oc3cccc(C(=O)NCc4ccccc4)c3)c12. The van der Waals surface area contributed by atoms with Crippen LogP contribution in [-0.4, -0.2) is 26.6 Å². The second-order valence-corrected chi connectivity index (χ2v) is 8.03. The summed E-state index contributed by atoms with van der Waals surface area (Å²) in [5.41, 5.74) is 3.38. The summed E-state index contributed by atoms with van der Waals surface area (Å²) in [5, 5.41) is 7.89. The van der Waals surface area contributed by atoms with Gasteiger partial charge in [0.25, 0.3) is 5.91 Å². The maximum Gasteiger partial charge on any atom is 0.344 e. The number of esters is 1. The van der Waals surface area contributed by atoms with Crippen LogP contribution in [0.1, 0.15) is 32.0 Å². The van der Waals surface area contributed by atoms with Crippen LogP contribution in [0.5, 0.6) is 5.75 Å². The van der Waals surface area contributed by atoms with Crippen molar-refractivity contribution >= 4 is 22.9 Å². The third-order valence-electron chi connectivity index (χ3n) is 5.56. The minimum absolute atomic E-state index is 0.258. The van der Waals surface area contributed by atoms with E-state index in [1.807, 2.05) is 37.3 Å². The zero-order valence-electron chi connectivity index (χ0n) is 19.2. The first-order chi connectivity index (χ1) is 17.0. The highest BCUT2D eigenvalue weighted by molar-refractivity contribution is 6.05. The molecule has 0 saturated carbocycles. The van der Waals surface area contributed by atoms with Gasteiger partial charge in [-0.3, -0.25) is 9.48 Å². The van der Waals surface area contributed by atoms with Gasteiger partial charge in [-0.1, -0.05) is 36.4 Å². The predicted molar refractivity (Wildman–Crippen MR) is 130 cm³/mol. The van der Waals surface area contributed by atoms with Crippen LogP contribution in [0.25, 0.3) is 22.5 Å². The molecule has 0 saturated heterocycles. The fourth-order valence-corrected chi connectivity index (χ4v) is 3.90. The number of pyridine rings is 1. The van der Waals surface area contributed by atoms with Crippen molar-refractivity contribution in [3.63, 3.8) is 0 Å². The minimum atomic E-state index is -0.580. The van der Waals surface area contributed by atoms with Gasteiger partial charge >= 0.3 is 5.97 Å². The van der Waals surface area contributed by atoms with Crippen LogP contribution in [-0.2, 0) is 13.6 Å². The predicted octanol–water partition coefficient (Wildman–Crippen LogP) is 4.69. The number of furan rings is 1. The Labute approximate surface area is 201 Å². The molecule has 3 aromatic heterocycles. The number of rotatable bonds is 6. The Morgan fingerprint density at radius 3 is 2.63 bits per heavy atom. The summed E-state index contributed by atoms with van der Waals surface area (Å²) in [4.78, 5) is 30.5. The number of fused-ring (bicyclic) bond motifs is 1. The van der Waals surface area contributed by atoms with Crippen LogP contribution in [0.4, 0.5) is 0 Å². The van der Waals surface area contributed by atoms with E-state index in [4.69, 9.17) is 9.15 Å². The lowest BCUT2D eigenvalue weighted by atomic mass is 10.1. The normalized spacial score (nSPS) is 10.9. The molecule has 2 aromatic carbocycles. The molecule has 0 fully saturated rings. The van der Waals surface area contributed by atoms with Crippen LogP contribution in [0.3, 0.4) is 0 Å². The Morgan fingerprint density at radius 2 is 1.86 bits per heavy atom. The number of ether oxygens (including phenoxy) is 1. The van der Waals surface area contributed by atoms with E-state index in [0.717, 1.165) is 5.56 Å². The van der Waals surface area contributed by atoms with E-state index in [9.17, 15) is 9.59 Å². The van der Waals surface area contributed by atoms with Gasteiger partial charge in [0.1, 0.15) is 11.4 Å². The molecule has 0 radical (unpaired) electrons. The van der Waals surface area contributed by atoms with Gasteiger partial charge in [-0.05, 0) is 48.9 Å². The summed E-state index contributed by atoms with van der Waals surface area (Å²) in [6, 6.07) is 21.3. The number of hydrogen-bond donors (Lipinski definition) is 1. The van der Waals surface area contributed by atoms with E-state index in [1.165, 1.54) is 0 Å². The molecular weight excluding hydrogens is 444 g/mol. The number of aryl methyl sites for hydroxylation is 2. The van der Waals surface area contributed by atoms with E-state index >= 15 is 0 Å². The van der Waals surface area contributed by atoms with Crippen molar-refractivity contribution in [2.45, 2.75) is 13.5 Å². The van der Waals surface area contributed by atoms with Crippen molar-refractivity contribution in [2.75, 3.05) is 0 Å². The van der Waals surface area contributed by atoms with Crippen LogP contribution in [0.15, 0.2) is 83.5 Å². The fraction of sp³-hybridized carbons (Fsp3) is 0.111. The van der Waals surface area contributed by atoms with Crippen molar-refractivity contribution in [2.24, 2.45) is 7.05 Å². The monoisotopic (exact) mass is 466 g/mol. The molecular formula is C27H22N4O4. The summed E-state index contributed by atoms with van der Waals surface area (Å²) < 4.78 is 12.8. The standard InChI is InChI=1S/C27H22N4O4/c1-17-24-21(15-22(23-12-7-13-34-23)29-25(24)31(2)30-17)27(33)35-20-11-6-10-19(14-20)26(32)28-16-18-8-4-3-5-9-18/h3-15H,16H2,1-2H3,(H,28,32). The molecule has 8 nitrogen and oxygen atoms in total. The largest absolute Gasteiger partial charge is 0.463 e. The molecule has 35 heavy (non-hydrogen) atoms. The molecule has 0 bridgehead atoms. The Morgan fingerprint density at radius 1 is 1.03 bits per heavy atom. The summed E-state index contributed by atoms with van der Waals surface area (Å²) in [5.74, 6) is -0.0604. The van der Waals surface area contributed by atoms with Crippen LogP contribution < -0.4 is 10.1 Å². The Hall–Kier alpha value is -4.72. The molecule has 3 heterocycles. The van der Waals surface area contributed by atoms with Crippen molar-refractivity contribution in [1.29, 1.82) is 0 Å². The number of benzene rings is 2. The molecule has 5 rings (SSSR count). The van der Waals surface area contributed by atoms with Gasteiger partial charge < -0.3 is 14.5 Å². The average Bonchev–Trinajstić information content (AvgIpc) is 3.51. The van der Waals surface area contributed by atoms with E-state index in [-0.39, 0.29) is 11.7 Å². The van der Waals surface area contributed by atoms with Crippen molar-refractivity contribution in [3.05, 3.63) is 101 Å². The number of nitrogens with one attached hydrogen (secondary N) is 1. The van der Waals surface area contributed by atoms with Gasteiger partial charge in [-0.25, -0.2) is 9.78 Å². The molecule has 0 spiro atoms. The minimum Gasteiger partial charge on any atom is -0.463 e. The quantitative estimate of drug-likeness (QED) is 0.288. The molecule has 174 valence electrons. The van der Waals surface area contributed by atoms with Crippen LogP contribution in [0, 0.1) is 6.92 Å². The smallest absolute Gasteiger partial charge is 0.344 e. The lowest BCUT2D eigenvalue weighted by molar-refractivity contribution is 0.0735. The first kappa shape index (κ1) is 22.1. The highest BCUT2D eigenvalue weighted by Gasteiger charge is 2.22. The summed E-state index contributed by atoms with van der Waals surface area (Å²) in [7, 11) is 1.76. The van der Waals surface area contributed by atoms with Gasteiger partial charge in [0, 0.05) is 19.2 Å². The molecule has 5 aromatic rings. The number of carbonyl (C=O) groups excluding carboxylic acids is 2. The number of carbonyl (C=O) groups is 2. The Bertz CT molecular complexity index is 1520. The average molecular weight is 466 g/mol. The van der Waals surface area contributed by atoms with Gasteiger partial charge in [0.15, 0.2) is 11.4 Å². The van der Waals surface area contributed by atoms with Gasteiger partial charge in [-0.2, -0.15) is 5.10 Å². The molecule has 1 amide bonds. The van der Waals surface area contributed by atoms with E-state index in [1.54, 1.807) is 60.5 Å². The molecule has 0 atom stereocenters. The molecule has 0 unspecified atom stereocenters. The molecule has 0 aliphatic heterocycles. The van der Waals surface area contributed by atoms with Gasteiger partial charge in [0.2, 0.25) is 0 Å². The molecule has 8 heteroatoms. The lowest BCUT2D eigenvalue weighted by Gasteiger charge is -2.09. The van der Waals surface area contributed by atoms with Crippen molar-refractivity contribution in [3.8, 4) is 17.2 Å². The van der Waals surface area contributed by atoms with E-state index in [0.29, 0.717) is 45.9 Å². The molecule has 1 N–H and O–H groups in total. The second-order valence-electron chi connectivity index (χ2n) is 8.03. The highest BCUT2D eigenvalue weighted by atomic mass is 16.5. The number of aromatic nitrogens is 3. The number of nitrogens with zero attached hydrogens (tertiary/aromatic N) is 3. The van der Waals surface area contributed by atoms with Gasteiger partial charge in [0.05, 0.1) is 22.9 Å². The maximum atomic E-state index is 13.3. The fourth-order valence-electron chi connectivity index (χ4n) is 3.90. The Kier molecular flexibility index (Phi) is 5.85. The zero-order valence-corrected chi connectivity index (χ0v) is 19.2. The number of hydrogen-bond acceptors (Lipinski definition) is 6. The van der Waals surface area contributed by atoms with Crippen LogP contribution in [0.2, 0.25) is 0 Å². The summed E-state index contributed by atoms with van der Waals surface area (Å²) in [6.07, 6.45) is 1.54. The summed E-state index contributed by atoms with van der Waals surface area (Å²) in [6.45, 7) is 2.21. The highest BCUT2D eigenvalue weighted by Crippen LogP contribution is 2.28. The number of amides is 1. The lowest BCUT2D eigenvalue weighted by Crippen LogP contribution is -2.22. The topological polar surface area (TPSA) is 99.2 Å². The first-order valence-electron chi connectivity index (χ1n) is 11.0. The maximum absolute atomic E-state index is 13.3. The molecule has 0 aliphatic rings. The van der Waals surface area contributed by atoms with Crippen LogP contribution >= 0.6 is 0 Å². The van der Waals surface area contributed by atoms with Crippen molar-refractivity contribution in [1.82, 2.24) is 20.1 Å². The van der Waals surface area contributed by atoms with Gasteiger partial charge in [-0.15, -0.1) is 0 Å². The van der Waals surface area contributed by atoms with Crippen molar-refractivity contribution < 1.29 is 18.7 Å². The summed E-state index contributed by atoms with van der Waals surface area (Å²) >= 11 is 0. The first-order valence-corrected chi connectivity index (χ1v) is 11.0.